The first-order valence-corrected chi connectivity index (χ1v) is 5.45. The molecular weight excluding hydrogens is 234 g/mol. The van der Waals surface area contributed by atoms with Gasteiger partial charge in [0.05, 0.1) is 0 Å². The lowest BCUT2D eigenvalue weighted by atomic mass is 10.4. The van der Waals surface area contributed by atoms with Crippen LogP contribution in [0.4, 0.5) is 4.79 Å². The third-order valence-corrected chi connectivity index (χ3v) is 2.39. The normalized spacial score (nSPS) is 18.4. The van der Waals surface area contributed by atoms with E-state index >= 15 is 0 Å². The molecule has 16 heavy (non-hydrogen) atoms. The van der Waals surface area contributed by atoms with Gasteiger partial charge in [0.1, 0.15) is 5.38 Å². The molecule has 1 aliphatic heterocycles. The van der Waals surface area contributed by atoms with Crippen molar-refractivity contribution in [1.82, 2.24) is 15.5 Å². The largest absolute Gasteiger partial charge is 0.354 e. The highest BCUT2D eigenvalue weighted by Gasteiger charge is 2.21. The summed E-state index contributed by atoms with van der Waals surface area (Å²) < 4.78 is 0. The Morgan fingerprint density at radius 3 is 2.81 bits per heavy atom. The van der Waals surface area contributed by atoms with E-state index in [4.69, 9.17) is 11.6 Å². The molecule has 1 aliphatic rings. The second-order valence-corrected chi connectivity index (χ2v) is 4.15. The Kier molecular flexibility index (Phi) is 4.54. The van der Waals surface area contributed by atoms with Gasteiger partial charge < -0.3 is 10.2 Å². The number of hydrogen-bond donors (Lipinski definition) is 2. The summed E-state index contributed by atoms with van der Waals surface area (Å²) in [6, 6.07) is -0.506. The monoisotopic (exact) mass is 247 g/mol. The molecule has 1 atom stereocenters. The van der Waals surface area contributed by atoms with Crippen LogP contribution in [-0.4, -0.2) is 47.8 Å². The minimum atomic E-state index is -0.754. The van der Waals surface area contributed by atoms with Crippen LogP contribution in [0.15, 0.2) is 0 Å². The molecule has 0 aromatic rings. The lowest BCUT2D eigenvalue weighted by Crippen LogP contribution is -2.46. The topological polar surface area (TPSA) is 78.5 Å². The Bertz CT molecular complexity index is 306. The smallest absolute Gasteiger partial charge is 0.324 e. The number of nitrogens with one attached hydrogen (secondary N) is 2. The van der Waals surface area contributed by atoms with Crippen molar-refractivity contribution >= 4 is 29.4 Å². The van der Waals surface area contributed by atoms with Crippen LogP contribution >= 0.6 is 11.6 Å². The summed E-state index contributed by atoms with van der Waals surface area (Å²) >= 11 is 5.52. The van der Waals surface area contributed by atoms with Gasteiger partial charge in [-0.25, -0.2) is 4.79 Å². The molecule has 0 spiro atoms. The van der Waals surface area contributed by atoms with Gasteiger partial charge in [-0.3, -0.25) is 14.9 Å². The number of nitrogens with zero attached hydrogens (tertiary/aromatic N) is 1. The first-order chi connectivity index (χ1) is 7.50. The Morgan fingerprint density at radius 1 is 1.50 bits per heavy atom. The fourth-order valence-corrected chi connectivity index (χ4v) is 1.31. The first kappa shape index (κ1) is 12.8. The van der Waals surface area contributed by atoms with E-state index in [0.717, 1.165) is 0 Å². The van der Waals surface area contributed by atoms with Crippen molar-refractivity contribution in [2.75, 3.05) is 19.6 Å². The molecule has 6 nitrogen and oxygen atoms in total. The van der Waals surface area contributed by atoms with Gasteiger partial charge in [0.2, 0.25) is 11.8 Å². The van der Waals surface area contributed by atoms with Gasteiger partial charge in [-0.05, 0) is 6.92 Å². The summed E-state index contributed by atoms with van der Waals surface area (Å²) in [5.41, 5.74) is 0. The minimum Gasteiger partial charge on any atom is -0.354 e. The van der Waals surface area contributed by atoms with Crippen molar-refractivity contribution in [1.29, 1.82) is 0 Å². The predicted molar refractivity (Wildman–Crippen MR) is 58.1 cm³/mol. The molecule has 1 saturated heterocycles. The molecule has 0 radical (unpaired) electrons. The van der Waals surface area contributed by atoms with E-state index in [-0.39, 0.29) is 12.3 Å². The van der Waals surface area contributed by atoms with Crippen molar-refractivity contribution in [3.8, 4) is 0 Å². The predicted octanol–water partition coefficient (Wildman–Crippen LogP) is -0.328. The van der Waals surface area contributed by atoms with Crippen molar-refractivity contribution < 1.29 is 14.4 Å². The maximum absolute atomic E-state index is 11.6. The van der Waals surface area contributed by atoms with Crippen LogP contribution in [0.3, 0.4) is 0 Å². The Hall–Kier alpha value is -1.30. The Balaban J connectivity index is 2.47. The molecule has 1 fully saturated rings. The lowest BCUT2D eigenvalue weighted by molar-refractivity contribution is -0.120. The molecular formula is C9H14ClN3O3. The molecule has 1 heterocycles. The lowest BCUT2D eigenvalue weighted by Gasteiger charge is -2.19. The van der Waals surface area contributed by atoms with Gasteiger partial charge in [-0.1, -0.05) is 0 Å². The molecule has 7 heteroatoms. The van der Waals surface area contributed by atoms with Crippen molar-refractivity contribution in [2.45, 2.75) is 18.7 Å². The van der Waals surface area contributed by atoms with Gasteiger partial charge in [0.25, 0.3) is 0 Å². The van der Waals surface area contributed by atoms with E-state index < -0.39 is 17.3 Å². The summed E-state index contributed by atoms with van der Waals surface area (Å²) in [7, 11) is 0. The maximum atomic E-state index is 11.6. The minimum absolute atomic E-state index is 0.0904. The molecule has 4 amide bonds. The summed E-state index contributed by atoms with van der Waals surface area (Å²) in [6.07, 6.45) is 0.248. The van der Waals surface area contributed by atoms with Gasteiger partial charge in [-0.2, -0.15) is 0 Å². The van der Waals surface area contributed by atoms with E-state index in [0.29, 0.717) is 19.6 Å². The highest BCUT2D eigenvalue weighted by atomic mass is 35.5. The SMILES string of the molecule is CC(Cl)C(=O)NC(=O)N1CCNC(=O)CC1. The van der Waals surface area contributed by atoms with Gasteiger partial charge in [-0.15, -0.1) is 11.6 Å². The quantitative estimate of drug-likeness (QED) is 0.623. The number of alkyl halides is 1. The zero-order valence-electron chi connectivity index (χ0n) is 8.96. The Labute approximate surface area is 98.3 Å². The number of carbonyl (C=O) groups excluding carboxylic acids is 3. The number of hydrogen-bond acceptors (Lipinski definition) is 3. The van der Waals surface area contributed by atoms with Gasteiger partial charge >= 0.3 is 6.03 Å². The van der Waals surface area contributed by atoms with Crippen molar-refractivity contribution in [2.24, 2.45) is 0 Å². The van der Waals surface area contributed by atoms with E-state index in [1.165, 1.54) is 11.8 Å². The maximum Gasteiger partial charge on any atom is 0.324 e. The molecule has 0 aliphatic carbocycles. The number of amides is 4. The number of urea groups is 1. The van der Waals surface area contributed by atoms with Crippen molar-refractivity contribution in [3.05, 3.63) is 0 Å². The molecule has 90 valence electrons. The van der Waals surface area contributed by atoms with Crippen LogP contribution in [0.5, 0.6) is 0 Å². The van der Waals surface area contributed by atoms with Crippen molar-refractivity contribution in [3.63, 3.8) is 0 Å². The number of halogens is 1. The zero-order valence-corrected chi connectivity index (χ0v) is 9.71. The molecule has 1 unspecified atom stereocenters. The van der Waals surface area contributed by atoms with Crippen LogP contribution < -0.4 is 10.6 Å². The molecule has 0 aromatic carbocycles. The summed E-state index contributed by atoms with van der Waals surface area (Å²) in [5, 5.41) is 4.05. The summed E-state index contributed by atoms with van der Waals surface area (Å²) in [6.45, 7) is 2.58. The van der Waals surface area contributed by atoms with Crippen LogP contribution in [-0.2, 0) is 9.59 Å². The number of imide groups is 1. The van der Waals surface area contributed by atoms with Crippen LogP contribution in [0.2, 0.25) is 0 Å². The van der Waals surface area contributed by atoms with Crippen LogP contribution in [0.1, 0.15) is 13.3 Å². The third-order valence-electron chi connectivity index (χ3n) is 2.19. The zero-order chi connectivity index (χ0) is 12.1. The van der Waals surface area contributed by atoms with E-state index in [1.54, 1.807) is 0 Å². The van der Waals surface area contributed by atoms with E-state index in [1.807, 2.05) is 0 Å². The molecule has 1 rings (SSSR count). The Morgan fingerprint density at radius 2 is 2.19 bits per heavy atom. The third kappa shape index (κ3) is 3.69. The molecule has 0 bridgehead atoms. The second kappa shape index (κ2) is 5.69. The van der Waals surface area contributed by atoms with Crippen LogP contribution in [0.25, 0.3) is 0 Å². The van der Waals surface area contributed by atoms with Gasteiger partial charge in [0.15, 0.2) is 0 Å². The second-order valence-electron chi connectivity index (χ2n) is 3.50. The summed E-state index contributed by atoms with van der Waals surface area (Å²) in [4.78, 5) is 35.2. The summed E-state index contributed by atoms with van der Waals surface area (Å²) in [5.74, 6) is -0.623. The average Bonchev–Trinajstić information content (AvgIpc) is 2.42. The highest BCUT2D eigenvalue weighted by molar-refractivity contribution is 6.31. The number of rotatable bonds is 1. The van der Waals surface area contributed by atoms with Gasteiger partial charge in [0, 0.05) is 26.1 Å². The van der Waals surface area contributed by atoms with E-state index in [9.17, 15) is 14.4 Å². The standard InChI is InChI=1S/C9H14ClN3O3/c1-6(10)8(15)12-9(16)13-4-2-7(14)11-3-5-13/h6H,2-5H2,1H3,(H,11,14)(H,12,15,16). The fraction of sp³-hybridized carbons (Fsp3) is 0.667. The molecule has 2 N–H and O–H groups in total. The fourth-order valence-electron chi connectivity index (χ4n) is 1.25. The average molecular weight is 248 g/mol. The molecule has 0 aromatic heterocycles. The van der Waals surface area contributed by atoms with E-state index in [2.05, 4.69) is 10.6 Å². The number of carbonyl (C=O) groups is 3. The first-order valence-electron chi connectivity index (χ1n) is 5.01. The molecule has 0 saturated carbocycles. The van der Waals surface area contributed by atoms with Crippen LogP contribution in [0, 0.1) is 0 Å². The highest BCUT2D eigenvalue weighted by Crippen LogP contribution is 1.98.